The minimum absolute atomic E-state index is 0.0653. The van der Waals surface area contributed by atoms with Crippen LogP contribution in [0.15, 0.2) is 47.4 Å². The number of sulfonamides is 1. The van der Waals surface area contributed by atoms with Gasteiger partial charge in [-0.2, -0.15) is 0 Å². The van der Waals surface area contributed by atoms with E-state index in [1.54, 1.807) is 30.3 Å². The standard InChI is InChI=1S/C14H13Cl2N3O2S2/c15-10-5-11(16)7-12(6-10)19-14(22)18-8-9-1-3-13(4-2-9)23(17,20)21/h1-7H,8H2,(H2,17,20,21)(H2,18,19,22). The van der Waals surface area contributed by atoms with Gasteiger partial charge in [-0.05, 0) is 48.1 Å². The van der Waals surface area contributed by atoms with E-state index in [0.29, 0.717) is 27.4 Å². The van der Waals surface area contributed by atoms with E-state index in [4.69, 9.17) is 40.6 Å². The molecule has 0 saturated heterocycles. The second-order valence-electron chi connectivity index (χ2n) is 4.65. The van der Waals surface area contributed by atoms with Crippen molar-refractivity contribution in [2.24, 2.45) is 5.14 Å². The summed E-state index contributed by atoms with van der Waals surface area (Å²) < 4.78 is 22.4. The first kappa shape index (κ1) is 18.0. The Kier molecular flexibility index (Phi) is 5.83. The maximum Gasteiger partial charge on any atom is 0.238 e. The summed E-state index contributed by atoms with van der Waals surface area (Å²) in [7, 11) is -3.68. The van der Waals surface area contributed by atoms with Gasteiger partial charge in [0, 0.05) is 22.3 Å². The Morgan fingerprint density at radius 3 is 2.17 bits per heavy atom. The lowest BCUT2D eigenvalue weighted by atomic mass is 10.2. The van der Waals surface area contributed by atoms with Gasteiger partial charge in [-0.1, -0.05) is 35.3 Å². The molecular weight excluding hydrogens is 377 g/mol. The van der Waals surface area contributed by atoms with Crippen molar-refractivity contribution in [3.63, 3.8) is 0 Å². The third-order valence-electron chi connectivity index (χ3n) is 2.83. The number of hydrogen-bond donors (Lipinski definition) is 3. The molecule has 0 aliphatic heterocycles. The summed E-state index contributed by atoms with van der Waals surface area (Å²) in [5, 5.41) is 12.4. The monoisotopic (exact) mass is 389 g/mol. The molecule has 0 fully saturated rings. The molecule has 0 bridgehead atoms. The minimum Gasteiger partial charge on any atom is -0.358 e. The zero-order valence-corrected chi connectivity index (χ0v) is 14.9. The molecule has 2 aromatic rings. The zero-order chi connectivity index (χ0) is 17.0. The van der Waals surface area contributed by atoms with Crippen LogP contribution in [0.25, 0.3) is 0 Å². The maximum absolute atomic E-state index is 11.2. The summed E-state index contributed by atoms with van der Waals surface area (Å²) in [6.07, 6.45) is 0. The van der Waals surface area contributed by atoms with Crippen molar-refractivity contribution in [1.29, 1.82) is 0 Å². The highest BCUT2D eigenvalue weighted by atomic mass is 35.5. The van der Waals surface area contributed by atoms with Gasteiger partial charge >= 0.3 is 0 Å². The molecule has 9 heteroatoms. The van der Waals surface area contributed by atoms with Gasteiger partial charge < -0.3 is 10.6 Å². The molecule has 2 aromatic carbocycles. The normalized spacial score (nSPS) is 11.1. The van der Waals surface area contributed by atoms with Gasteiger partial charge in [0.1, 0.15) is 0 Å². The molecule has 0 atom stereocenters. The summed E-state index contributed by atoms with van der Waals surface area (Å²) in [5.74, 6) is 0. The smallest absolute Gasteiger partial charge is 0.238 e. The maximum atomic E-state index is 11.2. The minimum atomic E-state index is -3.68. The fourth-order valence-electron chi connectivity index (χ4n) is 1.78. The van der Waals surface area contributed by atoms with Crippen molar-refractivity contribution in [3.05, 3.63) is 58.1 Å². The molecule has 2 rings (SSSR count). The highest BCUT2D eigenvalue weighted by Crippen LogP contribution is 2.22. The van der Waals surface area contributed by atoms with Gasteiger partial charge in [0.05, 0.1) is 4.90 Å². The molecule has 0 aromatic heterocycles. The van der Waals surface area contributed by atoms with Crippen molar-refractivity contribution in [1.82, 2.24) is 5.32 Å². The van der Waals surface area contributed by atoms with Crippen LogP contribution in [0.5, 0.6) is 0 Å². The first-order chi connectivity index (χ1) is 10.7. The second kappa shape index (κ2) is 7.46. The Balaban J connectivity index is 1.94. The molecule has 0 saturated carbocycles. The van der Waals surface area contributed by atoms with E-state index in [0.717, 1.165) is 5.56 Å². The molecule has 23 heavy (non-hydrogen) atoms. The summed E-state index contributed by atoms with van der Waals surface area (Å²) in [6.45, 7) is 0.422. The van der Waals surface area contributed by atoms with Crippen LogP contribution in [0.1, 0.15) is 5.56 Å². The van der Waals surface area contributed by atoms with E-state index in [2.05, 4.69) is 10.6 Å². The Labute approximate surface area is 149 Å². The van der Waals surface area contributed by atoms with E-state index in [9.17, 15) is 8.42 Å². The summed E-state index contributed by atoms with van der Waals surface area (Å²) >= 11 is 17.0. The average molecular weight is 390 g/mol. The van der Waals surface area contributed by atoms with Crippen molar-refractivity contribution < 1.29 is 8.42 Å². The molecule has 0 heterocycles. The lowest BCUT2D eigenvalue weighted by Crippen LogP contribution is -2.27. The predicted molar refractivity (Wildman–Crippen MR) is 97.3 cm³/mol. The van der Waals surface area contributed by atoms with E-state index in [1.165, 1.54) is 12.1 Å². The number of anilines is 1. The number of rotatable bonds is 4. The molecule has 0 spiro atoms. The number of nitrogens with two attached hydrogens (primary N) is 1. The fraction of sp³-hybridized carbons (Fsp3) is 0.0714. The van der Waals surface area contributed by atoms with Gasteiger partial charge in [0.2, 0.25) is 10.0 Å². The van der Waals surface area contributed by atoms with Crippen LogP contribution in [0.4, 0.5) is 5.69 Å². The molecule has 122 valence electrons. The SMILES string of the molecule is NS(=O)(=O)c1ccc(CNC(=S)Nc2cc(Cl)cc(Cl)c2)cc1. The number of halogens is 2. The highest BCUT2D eigenvalue weighted by molar-refractivity contribution is 7.89. The Morgan fingerprint density at radius 1 is 1.09 bits per heavy atom. The Hall–Kier alpha value is -1.38. The molecule has 0 amide bonds. The van der Waals surface area contributed by atoms with Crippen LogP contribution in [0.2, 0.25) is 10.0 Å². The number of primary sulfonamides is 1. The molecule has 0 unspecified atom stereocenters. The first-order valence-corrected chi connectivity index (χ1v) is 9.08. The third kappa shape index (κ3) is 5.63. The van der Waals surface area contributed by atoms with Crippen molar-refractivity contribution in [3.8, 4) is 0 Å². The van der Waals surface area contributed by atoms with E-state index >= 15 is 0 Å². The summed E-state index contributed by atoms with van der Waals surface area (Å²) in [5.41, 5.74) is 1.52. The van der Waals surface area contributed by atoms with Crippen molar-refractivity contribution >= 4 is 56.2 Å². The highest BCUT2D eigenvalue weighted by Gasteiger charge is 2.07. The van der Waals surface area contributed by atoms with Gasteiger partial charge in [0.15, 0.2) is 5.11 Å². The summed E-state index contributed by atoms with van der Waals surface area (Å²) in [4.78, 5) is 0.0653. The molecule has 0 radical (unpaired) electrons. The van der Waals surface area contributed by atoms with Crippen LogP contribution >= 0.6 is 35.4 Å². The average Bonchev–Trinajstić information content (AvgIpc) is 2.43. The lowest BCUT2D eigenvalue weighted by Gasteiger charge is -2.11. The zero-order valence-electron chi connectivity index (χ0n) is 11.7. The van der Waals surface area contributed by atoms with Crippen LogP contribution in [-0.4, -0.2) is 13.5 Å². The lowest BCUT2D eigenvalue weighted by molar-refractivity contribution is 0.597. The van der Waals surface area contributed by atoms with Crippen LogP contribution in [-0.2, 0) is 16.6 Å². The first-order valence-electron chi connectivity index (χ1n) is 6.37. The number of nitrogens with one attached hydrogen (secondary N) is 2. The number of benzene rings is 2. The van der Waals surface area contributed by atoms with Gasteiger partial charge in [0.25, 0.3) is 0 Å². The van der Waals surface area contributed by atoms with Crippen LogP contribution < -0.4 is 15.8 Å². The Bertz CT molecular complexity index is 804. The quantitative estimate of drug-likeness (QED) is 0.699. The molecule has 0 aliphatic carbocycles. The Morgan fingerprint density at radius 2 is 1.65 bits per heavy atom. The predicted octanol–water partition coefficient (Wildman–Crippen LogP) is 3.13. The van der Waals surface area contributed by atoms with Crippen molar-refractivity contribution in [2.75, 3.05) is 5.32 Å². The fourth-order valence-corrected chi connectivity index (χ4v) is 3.01. The van der Waals surface area contributed by atoms with Gasteiger partial charge in [-0.15, -0.1) is 0 Å². The third-order valence-corrected chi connectivity index (χ3v) is 4.44. The van der Waals surface area contributed by atoms with Gasteiger partial charge in [-0.25, -0.2) is 13.6 Å². The van der Waals surface area contributed by atoms with Crippen LogP contribution in [0.3, 0.4) is 0 Å². The van der Waals surface area contributed by atoms with E-state index < -0.39 is 10.0 Å². The van der Waals surface area contributed by atoms with Crippen molar-refractivity contribution in [2.45, 2.75) is 11.4 Å². The van der Waals surface area contributed by atoms with E-state index in [-0.39, 0.29) is 4.90 Å². The largest absolute Gasteiger partial charge is 0.358 e. The molecule has 4 N–H and O–H groups in total. The molecule has 5 nitrogen and oxygen atoms in total. The second-order valence-corrected chi connectivity index (χ2v) is 7.50. The van der Waals surface area contributed by atoms with E-state index in [1.807, 2.05) is 0 Å². The number of hydrogen-bond acceptors (Lipinski definition) is 3. The van der Waals surface area contributed by atoms with Crippen LogP contribution in [0, 0.1) is 0 Å². The molecule has 0 aliphatic rings. The molecular formula is C14H13Cl2N3O2S2. The van der Waals surface area contributed by atoms with Gasteiger partial charge in [-0.3, -0.25) is 0 Å². The number of thiocarbonyl (C=S) groups is 1. The summed E-state index contributed by atoms with van der Waals surface area (Å²) in [6, 6.07) is 11.2. The topological polar surface area (TPSA) is 84.2 Å².